The maximum absolute atomic E-state index is 12.1. The predicted octanol–water partition coefficient (Wildman–Crippen LogP) is 1.73. The second-order valence-corrected chi connectivity index (χ2v) is 6.06. The number of methoxy groups -OCH3 is 1. The zero-order valence-electron chi connectivity index (χ0n) is 14.0. The zero-order chi connectivity index (χ0) is 16.1. The van der Waals surface area contributed by atoms with E-state index in [1.165, 1.54) is 5.69 Å². The Balaban J connectivity index is 1.88. The van der Waals surface area contributed by atoms with Gasteiger partial charge in [-0.2, -0.15) is 0 Å². The van der Waals surface area contributed by atoms with E-state index in [4.69, 9.17) is 4.74 Å². The highest BCUT2D eigenvalue weighted by molar-refractivity contribution is 5.81. The first-order valence-corrected chi connectivity index (χ1v) is 7.94. The molecule has 1 fully saturated rings. The van der Waals surface area contributed by atoms with Gasteiger partial charge in [-0.3, -0.25) is 9.69 Å². The van der Waals surface area contributed by atoms with Gasteiger partial charge in [0.05, 0.1) is 13.2 Å². The topological polar surface area (TPSA) is 44.8 Å². The van der Waals surface area contributed by atoms with Crippen LogP contribution in [0.3, 0.4) is 0 Å². The summed E-state index contributed by atoms with van der Waals surface area (Å²) in [6.45, 7) is 9.65. The fourth-order valence-corrected chi connectivity index (χ4v) is 2.73. The molecule has 1 aromatic rings. The van der Waals surface area contributed by atoms with Gasteiger partial charge >= 0.3 is 0 Å². The molecule has 2 rings (SSSR count). The van der Waals surface area contributed by atoms with Crippen LogP contribution in [0.1, 0.15) is 20.8 Å². The summed E-state index contributed by atoms with van der Waals surface area (Å²) >= 11 is 0. The van der Waals surface area contributed by atoms with E-state index >= 15 is 0 Å². The highest BCUT2D eigenvalue weighted by atomic mass is 16.5. The van der Waals surface area contributed by atoms with Crippen molar-refractivity contribution < 1.29 is 9.53 Å². The molecule has 1 aliphatic rings. The third-order valence-electron chi connectivity index (χ3n) is 4.11. The van der Waals surface area contributed by atoms with Crippen LogP contribution in [0.2, 0.25) is 0 Å². The summed E-state index contributed by atoms with van der Waals surface area (Å²) < 4.78 is 5.19. The Bertz CT molecular complexity index is 479. The van der Waals surface area contributed by atoms with Crippen molar-refractivity contribution in [3.05, 3.63) is 24.3 Å². The molecule has 1 aromatic carbocycles. The van der Waals surface area contributed by atoms with Crippen LogP contribution in [0.15, 0.2) is 24.3 Å². The molecule has 1 amide bonds. The summed E-state index contributed by atoms with van der Waals surface area (Å²) in [6, 6.07) is 8.27. The summed E-state index contributed by atoms with van der Waals surface area (Å²) in [6.07, 6.45) is 0. The molecule has 0 aliphatic carbocycles. The largest absolute Gasteiger partial charge is 0.497 e. The average molecular weight is 305 g/mol. The quantitative estimate of drug-likeness (QED) is 0.900. The first-order chi connectivity index (χ1) is 10.5. The summed E-state index contributed by atoms with van der Waals surface area (Å²) in [5.41, 5.74) is 1.21. The normalized spacial score (nSPS) is 17.4. The number of hydrogen-bond donors (Lipinski definition) is 1. The number of amides is 1. The van der Waals surface area contributed by atoms with Crippen LogP contribution in [0, 0.1) is 0 Å². The molecule has 5 heteroatoms. The van der Waals surface area contributed by atoms with E-state index in [0.29, 0.717) is 0 Å². The standard InChI is InChI=1S/C17H27N3O2/c1-13(2)18-17(21)14(3)19-9-11-20(12-10-19)15-5-7-16(22-4)8-6-15/h5-8,13-14H,9-12H2,1-4H3,(H,18,21). The zero-order valence-corrected chi connectivity index (χ0v) is 14.0. The SMILES string of the molecule is COc1ccc(N2CCN(C(C)C(=O)NC(C)C)CC2)cc1. The first kappa shape index (κ1) is 16.6. The minimum Gasteiger partial charge on any atom is -0.497 e. The minimum absolute atomic E-state index is 0.0691. The van der Waals surface area contributed by atoms with Gasteiger partial charge in [0.1, 0.15) is 5.75 Å². The lowest BCUT2D eigenvalue weighted by Crippen LogP contribution is -2.54. The lowest BCUT2D eigenvalue weighted by Gasteiger charge is -2.38. The molecule has 0 bridgehead atoms. The molecule has 0 spiro atoms. The van der Waals surface area contributed by atoms with Crippen molar-refractivity contribution in [2.75, 3.05) is 38.2 Å². The van der Waals surface area contributed by atoms with Crippen molar-refractivity contribution in [3.8, 4) is 5.75 Å². The van der Waals surface area contributed by atoms with E-state index in [-0.39, 0.29) is 18.0 Å². The van der Waals surface area contributed by atoms with Crippen molar-refractivity contribution >= 4 is 11.6 Å². The second-order valence-electron chi connectivity index (χ2n) is 6.06. The van der Waals surface area contributed by atoms with Crippen LogP contribution < -0.4 is 15.0 Å². The molecule has 122 valence electrons. The highest BCUT2D eigenvalue weighted by Gasteiger charge is 2.25. The molecule has 1 unspecified atom stereocenters. The lowest BCUT2D eigenvalue weighted by molar-refractivity contribution is -0.126. The van der Waals surface area contributed by atoms with Gasteiger partial charge in [-0.05, 0) is 45.0 Å². The molecule has 5 nitrogen and oxygen atoms in total. The maximum Gasteiger partial charge on any atom is 0.237 e. The Morgan fingerprint density at radius 3 is 2.18 bits per heavy atom. The van der Waals surface area contributed by atoms with Crippen molar-refractivity contribution in [2.24, 2.45) is 0 Å². The van der Waals surface area contributed by atoms with E-state index in [2.05, 4.69) is 27.2 Å². The first-order valence-electron chi connectivity index (χ1n) is 7.94. The van der Waals surface area contributed by atoms with Crippen LogP contribution in [-0.2, 0) is 4.79 Å². The molecule has 1 N–H and O–H groups in total. The van der Waals surface area contributed by atoms with E-state index in [1.54, 1.807) is 7.11 Å². The molecular formula is C17H27N3O2. The van der Waals surface area contributed by atoms with Gasteiger partial charge in [0.15, 0.2) is 0 Å². The van der Waals surface area contributed by atoms with E-state index in [9.17, 15) is 4.79 Å². The fraction of sp³-hybridized carbons (Fsp3) is 0.588. The number of carbonyl (C=O) groups excluding carboxylic acids is 1. The van der Waals surface area contributed by atoms with E-state index < -0.39 is 0 Å². The number of anilines is 1. The number of ether oxygens (including phenoxy) is 1. The number of carbonyl (C=O) groups is 1. The molecule has 1 atom stereocenters. The summed E-state index contributed by atoms with van der Waals surface area (Å²) in [4.78, 5) is 16.7. The number of benzene rings is 1. The van der Waals surface area contributed by atoms with Crippen LogP contribution >= 0.6 is 0 Å². The monoisotopic (exact) mass is 305 g/mol. The summed E-state index contributed by atoms with van der Waals surface area (Å²) in [7, 11) is 1.68. The van der Waals surface area contributed by atoms with Gasteiger partial charge in [-0.1, -0.05) is 0 Å². The van der Waals surface area contributed by atoms with Crippen LogP contribution in [-0.4, -0.2) is 56.2 Å². The predicted molar refractivity (Wildman–Crippen MR) is 89.5 cm³/mol. The molecule has 1 heterocycles. The minimum atomic E-state index is -0.0691. The third kappa shape index (κ3) is 4.13. The molecule has 1 aliphatic heterocycles. The molecular weight excluding hydrogens is 278 g/mol. The Morgan fingerprint density at radius 2 is 1.68 bits per heavy atom. The van der Waals surface area contributed by atoms with Crippen LogP contribution in [0.25, 0.3) is 0 Å². The number of rotatable bonds is 5. The Kier molecular flexibility index (Phi) is 5.66. The number of piperazine rings is 1. The third-order valence-corrected chi connectivity index (χ3v) is 4.11. The molecule has 0 radical (unpaired) electrons. The molecule has 0 saturated carbocycles. The molecule has 22 heavy (non-hydrogen) atoms. The average Bonchev–Trinajstić information content (AvgIpc) is 2.54. The molecule has 1 saturated heterocycles. The van der Waals surface area contributed by atoms with E-state index in [1.807, 2.05) is 32.9 Å². The van der Waals surface area contributed by atoms with Gasteiger partial charge in [-0.15, -0.1) is 0 Å². The summed E-state index contributed by atoms with van der Waals surface area (Å²) in [5.74, 6) is 0.995. The van der Waals surface area contributed by atoms with Crippen molar-refractivity contribution in [3.63, 3.8) is 0 Å². The van der Waals surface area contributed by atoms with Gasteiger partial charge in [0.25, 0.3) is 0 Å². The van der Waals surface area contributed by atoms with Crippen LogP contribution in [0.4, 0.5) is 5.69 Å². The van der Waals surface area contributed by atoms with Gasteiger partial charge in [0, 0.05) is 37.9 Å². The Labute approximate surface area is 133 Å². The van der Waals surface area contributed by atoms with E-state index in [0.717, 1.165) is 31.9 Å². The lowest BCUT2D eigenvalue weighted by atomic mass is 10.2. The summed E-state index contributed by atoms with van der Waals surface area (Å²) in [5, 5.41) is 2.99. The van der Waals surface area contributed by atoms with Crippen LogP contribution in [0.5, 0.6) is 5.75 Å². The molecule has 0 aromatic heterocycles. The van der Waals surface area contributed by atoms with Crippen molar-refractivity contribution in [2.45, 2.75) is 32.9 Å². The number of nitrogens with zero attached hydrogens (tertiary/aromatic N) is 2. The van der Waals surface area contributed by atoms with Gasteiger partial charge in [0.2, 0.25) is 5.91 Å². The van der Waals surface area contributed by atoms with Gasteiger partial charge in [-0.25, -0.2) is 0 Å². The number of hydrogen-bond acceptors (Lipinski definition) is 4. The Morgan fingerprint density at radius 1 is 1.09 bits per heavy atom. The van der Waals surface area contributed by atoms with Crippen molar-refractivity contribution in [1.82, 2.24) is 10.2 Å². The Hall–Kier alpha value is -1.75. The highest BCUT2D eigenvalue weighted by Crippen LogP contribution is 2.21. The maximum atomic E-state index is 12.1. The smallest absolute Gasteiger partial charge is 0.237 e. The second kappa shape index (κ2) is 7.49. The van der Waals surface area contributed by atoms with Crippen molar-refractivity contribution in [1.29, 1.82) is 0 Å². The number of nitrogens with one attached hydrogen (secondary N) is 1. The fourth-order valence-electron chi connectivity index (χ4n) is 2.73. The van der Waals surface area contributed by atoms with Gasteiger partial charge < -0.3 is 15.0 Å².